The zero-order valence-electron chi connectivity index (χ0n) is 10.2. The number of rotatable bonds is 9. The molecule has 0 aromatic carbocycles. The smallest absolute Gasteiger partial charge is 0.00188 e. The third-order valence-electron chi connectivity index (χ3n) is 2.48. The van der Waals surface area contributed by atoms with Gasteiger partial charge in [-0.05, 0) is 38.9 Å². The van der Waals surface area contributed by atoms with Gasteiger partial charge in [-0.1, -0.05) is 40.0 Å². The molecule has 0 atom stereocenters. The van der Waals surface area contributed by atoms with E-state index in [0.717, 1.165) is 0 Å². The number of hydrogen-bond donors (Lipinski definition) is 0. The highest BCUT2D eigenvalue weighted by Gasteiger charge is 2.01. The largest absolute Gasteiger partial charge is 0.303 e. The third kappa shape index (κ3) is 10.8. The molecule has 2 heteroatoms. The average Bonchev–Trinajstić information content (AvgIpc) is 2.17. The van der Waals surface area contributed by atoms with E-state index in [1.165, 1.54) is 58.2 Å². The molecule has 0 aliphatic heterocycles. The molecule has 0 fully saturated rings. The lowest BCUT2D eigenvalue weighted by atomic mass is 10.2. The van der Waals surface area contributed by atoms with Crippen LogP contribution in [-0.4, -0.2) is 24.5 Å². The highest BCUT2D eigenvalue weighted by Crippen LogP contribution is 2.01. The van der Waals surface area contributed by atoms with Crippen LogP contribution in [0, 0.1) is 0 Å². The monoisotopic (exact) mass is 313 g/mol. The maximum absolute atomic E-state index is 2.64. The molecule has 0 spiro atoms. The van der Waals surface area contributed by atoms with Crippen molar-refractivity contribution in [2.75, 3.05) is 19.6 Å². The Hall–Kier alpha value is 0.690. The molecule has 0 rings (SSSR count). The van der Waals surface area contributed by atoms with Crippen molar-refractivity contribution >= 4 is 24.0 Å². The van der Waals surface area contributed by atoms with Gasteiger partial charge in [0, 0.05) is 0 Å². The summed E-state index contributed by atoms with van der Waals surface area (Å²) < 4.78 is 0. The predicted octanol–water partition coefficient (Wildman–Crippen LogP) is 4.31. The van der Waals surface area contributed by atoms with Gasteiger partial charge in [-0.3, -0.25) is 0 Å². The Balaban J connectivity index is 0. The lowest BCUT2D eigenvalue weighted by Gasteiger charge is -2.21. The van der Waals surface area contributed by atoms with E-state index in [-0.39, 0.29) is 24.0 Å². The second-order valence-electron chi connectivity index (χ2n) is 3.90. The first-order chi connectivity index (χ1) is 6.35. The van der Waals surface area contributed by atoms with Crippen molar-refractivity contribution in [3.63, 3.8) is 0 Å². The lowest BCUT2D eigenvalue weighted by Crippen LogP contribution is -2.27. The van der Waals surface area contributed by atoms with E-state index in [9.17, 15) is 0 Å². The lowest BCUT2D eigenvalue weighted by molar-refractivity contribution is 0.261. The summed E-state index contributed by atoms with van der Waals surface area (Å²) in [5.41, 5.74) is 0. The van der Waals surface area contributed by atoms with Gasteiger partial charge in [-0.2, -0.15) is 0 Å². The minimum atomic E-state index is 0. The number of unbranched alkanes of at least 4 members (excludes halogenated alkanes) is 3. The molecule has 0 aromatic rings. The zero-order chi connectivity index (χ0) is 9.94. The Kier molecular flexibility index (Phi) is 16.7. The first kappa shape index (κ1) is 17.1. The van der Waals surface area contributed by atoms with Gasteiger partial charge in [0.1, 0.15) is 0 Å². The minimum absolute atomic E-state index is 0. The van der Waals surface area contributed by atoms with Crippen LogP contribution in [0.4, 0.5) is 0 Å². The molecule has 0 bridgehead atoms. The van der Waals surface area contributed by atoms with Gasteiger partial charge < -0.3 is 4.90 Å². The van der Waals surface area contributed by atoms with Crippen molar-refractivity contribution in [2.45, 2.75) is 59.3 Å². The third-order valence-corrected chi connectivity index (χ3v) is 2.48. The van der Waals surface area contributed by atoms with Gasteiger partial charge in [-0.15, -0.1) is 24.0 Å². The molecule has 0 aliphatic carbocycles. The van der Waals surface area contributed by atoms with Crippen molar-refractivity contribution in [1.82, 2.24) is 4.90 Å². The first-order valence-electron chi connectivity index (χ1n) is 6.07. The summed E-state index contributed by atoms with van der Waals surface area (Å²) in [6.07, 6.45) is 8.09. The van der Waals surface area contributed by atoms with Crippen molar-refractivity contribution in [3.8, 4) is 0 Å². The van der Waals surface area contributed by atoms with Gasteiger partial charge in [0.25, 0.3) is 0 Å². The highest BCUT2D eigenvalue weighted by molar-refractivity contribution is 14.0. The molecule has 0 aromatic heterocycles. The van der Waals surface area contributed by atoms with Crippen LogP contribution in [0.1, 0.15) is 59.3 Å². The quantitative estimate of drug-likeness (QED) is 0.574. The van der Waals surface area contributed by atoms with Crippen LogP contribution in [0.5, 0.6) is 0 Å². The van der Waals surface area contributed by atoms with Crippen LogP contribution in [-0.2, 0) is 0 Å². The van der Waals surface area contributed by atoms with E-state index >= 15 is 0 Å². The molecule has 0 saturated carbocycles. The fraction of sp³-hybridized carbons (Fsp3) is 1.00. The number of hydrogen-bond acceptors (Lipinski definition) is 1. The Morgan fingerprint density at radius 2 is 0.929 bits per heavy atom. The van der Waals surface area contributed by atoms with E-state index in [4.69, 9.17) is 0 Å². The summed E-state index contributed by atoms with van der Waals surface area (Å²) in [5, 5.41) is 0. The molecular formula is C12H28IN. The Morgan fingerprint density at radius 1 is 0.643 bits per heavy atom. The fourth-order valence-corrected chi connectivity index (χ4v) is 1.48. The molecule has 0 amide bonds. The minimum Gasteiger partial charge on any atom is -0.303 e. The van der Waals surface area contributed by atoms with Gasteiger partial charge in [0.05, 0.1) is 0 Å². The second kappa shape index (κ2) is 13.7. The number of nitrogens with zero attached hydrogens (tertiary/aromatic N) is 1. The topological polar surface area (TPSA) is 3.24 Å². The molecule has 0 unspecified atom stereocenters. The normalized spacial score (nSPS) is 10.3. The van der Waals surface area contributed by atoms with Crippen molar-refractivity contribution < 1.29 is 0 Å². The summed E-state index contributed by atoms with van der Waals surface area (Å²) >= 11 is 0. The Bertz CT molecular complexity index is 77.3. The fourth-order valence-electron chi connectivity index (χ4n) is 1.48. The second-order valence-corrected chi connectivity index (χ2v) is 3.90. The van der Waals surface area contributed by atoms with Gasteiger partial charge in [-0.25, -0.2) is 0 Å². The van der Waals surface area contributed by atoms with Crippen LogP contribution >= 0.6 is 24.0 Å². The maximum atomic E-state index is 2.64. The van der Waals surface area contributed by atoms with Crippen molar-refractivity contribution in [3.05, 3.63) is 0 Å². The van der Waals surface area contributed by atoms with Crippen LogP contribution < -0.4 is 0 Å². The van der Waals surface area contributed by atoms with E-state index in [1.807, 2.05) is 0 Å². The van der Waals surface area contributed by atoms with Crippen molar-refractivity contribution in [2.24, 2.45) is 0 Å². The van der Waals surface area contributed by atoms with Crippen LogP contribution in [0.2, 0.25) is 0 Å². The number of halogens is 1. The predicted molar refractivity (Wildman–Crippen MR) is 76.6 cm³/mol. The first-order valence-corrected chi connectivity index (χ1v) is 6.07. The average molecular weight is 313 g/mol. The van der Waals surface area contributed by atoms with Gasteiger partial charge in [0.15, 0.2) is 0 Å². The molecule has 0 heterocycles. The maximum Gasteiger partial charge on any atom is -0.00188 e. The zero-order valence-corrected chi connectivity index (χ0v) is 12.5. The molecule has 14 heavy (non-hydrogen) atoms. The molecule has 0 saturated heterocycles. The molecule has 88 valence electrons. The van der Waals surface area contributed by atoms with E-state index < -0.39 is 0 Å². The Morgan fingerprint density at radius 3 is 1.14 bits per heavy atom. The van der Waals surface area contributed by atoms with E-state index in [1.54, 1.807) is 0 Å². The van der Waals surface area contributed by atoms with E-state index in [2.05, 4.69) is 25.7 Å². The van der Waals surface area contributed by atoms with Crippen LogP contribution in [0.25, 0.3) is 0 Å². The SMILES string of the molecule is CCCCN(CCCC)CCCC.I. The molecule has 0 radical (unpaired) electrons. The summed E-state index contributed by atoms with van der Waals surface area (Å²) in [6.45, 7) is 10.8. The molecule has 0 aliphatic rings. The van der Waals surface area contributed by atoms with Crippen molar-refractivity contribution in [1.29, 1.82) is 0 Å². The van der Waals surface area contributed by atoms with E-state index in [0.29, 0.717) is 0 Å². The summed E-state index contributed by atoms with van der Waals surface area (Å²) in [6, 6.07) is 0. The summed E-state index contributed by atoms with van der Waals surface area (Å²) in [7, 11) is 0. The summed E-state index contributed by atoms with van der Waals surface area (Å²) in [5.74, 6) is 0. The van der Waals surface area contributed by atoms with Gasteiger partial charge in [0.2, 0.25) is 0 Å². The molecule has 0 N–H and O–H groups in total. The standard InChI is InChI=1S/C12H27N.HI/c1-4-7-10-13(11-8-5-2)12-9-6-3;/h4-12H2,1-3H3;1H. The highest BCUT2D eigenvalue weighted by atomic mass is 127. The van der Waals surface area contributed by atoms with Crippen LogP contribution in [0.3, 0.4) is 0 Å². The Labute approximate surface area is 108 Å². The summed E-state index contributed by atoms with van der Waals surface area (Å²) in [4.78, 5) is 2.64. The van der Waals surface area contributed by atoms with Crippen LogP contribution in [0.15, 0.2) is 0 Å². The van der Waals surface area contributed by atoms with Gasteiger partial charge >= 0.3 is 0 Å². The molecular weight excluding hydrogens is 285 g/mol. The molecule has 1 nitrogen and oxygen atoms in total.